The van der Waals surface area contributed by atoms with Crippen LogP contribution in [0.25, 0.3) is 10.6 Å². The minimum atomic E-state index is -0.415. The molecule has 0 aliphatic carbocycles. The van der Waals surface area contributed by atoms with Crippen LogP contribution in [0.3, 0.4) is 0 Å². The molecule has 8 heteroatoms. The van der Waals surface area contributed by atoms with E-state index >= 15 is 0 Å². The lowest BCUT2D eigenvalue weighted by Crippen LogP contribution is -2.33. The zero-order chi connectivity index (χ0) is 13.2. The first-order chi connectivity index (χ1) is 9.22. The van der Waals surface area contributed by atoms with Crippen LogP contribution in [0.4, 0.5) is 9.93 Å². The fourth-order valence-corrected chi connectivity index (χ4v) is 3.32. The Kier molecular flexibility index (Phi) is 3.45. The number of urea groups is 1. The van der Waals surface area contributed by atoms with E-state index < -0.39 is 6.10 Å². The number of aliphatic hydroxyl groups excluding tert-OH is 1. The van der Waals surface area contributed by atoms with Gasteiger partial charge in [-0.3, -0.25) is 5.32 Å². The van der Waals surface area contributed by atoms with E-state index in [1.165, 1.54) is 11.3 Å². The third kappa shape index (κ3) is 2.75. The number of rotatable bonds is 2. The second kappa shape index (κ2) is 5.24. The first kappa shape index (κ1) is 12.5. The molecule has 1 fully saturated rings. The van der Waals surface area contributed by atoms with Crippen molar-refractivity contribution in [2.75, 3.05) is 18.4 Å². The molecule has 2 aromatic rings. The van der Waals surface area contributed by atoms with Gasteiger partial charge in [0.25, 0.3) is 0 Å². The van der Waals surface area contributed by atoms with Crippen LogP contribution < -0.4 is 5.32 Å². The average Bonchev–Trinajstić information content (AvgIpc) is 3.07. The molecular weight excluding hydrogens is 284 g/mol. The fourth-order valence-electron chi connectivity index (χ4n) is 1.87. The minimum absolute atomic E-state index is 0.232. The number of hydrogen-bond acceptors (Lipinski definition) is 6. The molecular formula is C11H12N4O2S2. The van der Waals surface area contributed by atoms with Gasteiger partial charge in [-0.05, 0) is 17.9 Å². The Morgan fingerprint density at radius 1 is 1.53 bits per heavy atom. The summed E-state index contributed by atoms with van der Waals surface area (Å²) in [6, 6.07) is 1.73. The number of nitrogens with one attached hydrogen (secondary N) is 1. The SMILES string of the molecule is O=C(Nc1nnc(-c2ccsc2)s1)N1CC[C@H](O)C1. The zero-order valence-corrected chi connectivity index (χ0v) is 11.6. The van der Waals surface area contributed by atoms with E-state index in [0.717, 1.165) is 10.6 Å². The molecule has 3 rings (SSSR count). The van der Waals surface area contributed by atoms with Crippen LogP contribution in [0.15, 0.2) is 16.8 Å². The molecule has 0 spiro atoms. The summed E-state index contributed by atoms with van der Waals surface area (Å²) < 4.78 is 0. The van der Waals surface area contributed by atoms with Gasteiger partial charge in [0.05, 0.1) is 6.10 Å². The van der Waals surface area contributed by atoms with Crippen LogP contribution in [0.2, 0.25) is 0 Å². The van der Waals surface area contributed by atoms with E-state index in [1.807, 2.05) is 16.8 Å². The molecule has 1 saturated heterocycles. The van der Waals surface area contributed by atoms with Gasteiger partial charge in [-0.2, -0.15) is 11.3 Å². The van der Waals surface area contributed by atoms with Gasteiger partial charge < -0.3 is 10.0 Å². The standard InChI is InChI=1S/C11H12N4O2S2/c16-8-1-3-15(5-8)11(17)12-10-14-13-9(19-10)7-2-4-18-6-7/h2,4,6,8,16H,1,3,5H2,(H,12,14,17)/t8-/m0/s1. The summed E-state index contributed by atoms with van der Waals surface area (Å²) >= 11 is 2.94. The zero-order valence-electron chi connectivity index (χ0n) is 9.94. The van der Waals surface area contributed by atoms with Gasteiger partial charge in [0.15, 0.2) is 0 Å². The monoisotopic (exact) mass is 296 g/mol. The predicted molar refractivity (Wildman–Crippen MR) is 74.4 cm³/mol. The van der Waals surface area contributed by atoms with Crippen molar-refractivity contribution in [2.24, 2.45) is 0 Å². The Labute approximate surface area is 117 Å². The van der Waals surface area contributed by atoms with Gasteiger partial charge in [-0.1, -0.05) is 11.3 Å². The van der Waals surface area contributed by atoms with Gasteiger partial charge in [0.1, 0.15) is 5.01 Å². The fraction of sp³-hybridized carbons (Fsp3) is 0.364. The molecule has 1 atom stereocenters. The number of nitrogens with zero attached hydrogens (tertiary/aromatic N) is 3. The van der Waals surface area contributed by atoms with E-state index in [9.17, 15) is 9.90 Å². The molecule has 6 nitrogen and oxygen atoms in total. The Bertz CT molecular complexity index is 569. The average molecular weight is 296 g/mol. The van der Waals surface area contributed by atoms with Crippen molar-refractivity contribution in [3.05, 3.63) is 16.8 Å². The van der Waals surface area contributed by atoms with Crippen molar-refractivity contribution in [3.8, 4) is 10.6 Å². The highest BCUT2D eigenvalue weighted by molar-refractivity contribution is 7.19. The second-order valence-electron chi connectivity index (χ2n) is 4.24. The maximum Gasteiger partial charge on any atom is 0.323 e. The molecule has 0 aromatic carbocycles. The van der Waals surface area contributed by atoms with Crippen molar-refractivity contribution in [3.63, 3.8) is 0 Å². The smallest absolute Gasteiger partial charge is 0.323 e. The van der Waals surface area contributed by atoms with Crippen LogP contribution in [0, 0.1) is 0 Å². The molecule has 2 N–H and O–H groups in total. The van der Waals surface area contributed by atoms with Gasteiger partial charge in [-0.25, -0.2) is 4.79 Å². The molecule has 1 aliphatic heterocycles. The van der Waals surface area contributed by atoms with E-state index in [-0.39, 0.29) is 6.03 Å². The van der Waals surface area contributed by atoms with Gasteiger partial charge in [0, 0.05) is 24.0 Å². The first-order valence-corrected chi connectivity index (χ1v) is 7.58. The summed E-state index contributed by atoms with van der Waals surface area (Å²) in [4.78, 5) is 13.5. The van der Waals surface area contributed by atoms with Crippen molar-refractivity contribution >= 4 is 33.8 Å². The second-order valence-corrected chi connectivity index (χ2v) is 6.00. The normalized spacial score (nSPS) is 18.8. The number of β-amino-alcohol motifs (C(OH)–C–C–N with tert-alkyl or cyclic N) is 1. The molecule has 3 heterocycles. The summed E-state index contributed by atoms with van der Waals surface area (Å²) in [6.45, 7) is 0.950. The van der Waals surface area contributed by atoms with E-state index in [4.69, 9.17) is 0 Å². The third-order valence-corrected chi connectivity index (χ3v) is 4.43. The molecule has 0 radical (unpaired) electrons. The number of carbonyl (C=O) groups excluding carboxylic acids is 1. The molecule has 0 saturated carbocycles. The molecule has 2 aromatic heterocycles. The van der Waals surface area contributed by atoms with Crippen molar-refractivity contribution in [2.45, 2.75) is 12.5 Å². The summed E-state index contributed by atoms with van der Waals surface area (Å²) in [5, 5.41) is 25.3. The topological polar surface area (TPSA) is 78.4 Å². The highest BCUT2D eigenvalue weighted by Gasteiger charge is 2.25. The van der Waals surface area contributed by atoms with Crippen LogP contribution in [-0.4, -0.2) is 45.4 Å². The van der Waals surface area contributed by atoms with E-state index in [0.29, 0.717) is 24.6 Å². The molecule has 2 amide bonds. The molecule has 1 aliphatic rings. The third-order valence-electron chi connectivity index (χ3n) is 2.86. The summed E-state index contributed by atoms with van der Waals surface area (Å²) in [5.41, 5.74) is 1.01. The highest BCUT2D eigenvalue weighted by Crippen LogP contribution is 2.28. The minimum Gasteiger partial charge on any atom is -0.391 e. The first-order valence-electron chi connectivity index (χ1n) is 5.82. The quantitative estimate of drug-likeness (QED) is 0.886. The molecule has 0 unspecified atom stereocenters. The number of amides is 2. The van der Waals surface area contributed by atoms with Crippen molar-refractivity contribution in [1.82, 2.24) is 15.1 Å². The molecule has 19 heavy (non-hydrogen) atoms. The predicted octanol–water partition coefficient (Wildman–Crippen LogP) is 1.87. The Morgan fingerprint density at radius 3 is 3.11 bits per heavy atom. The van der Waals surface area contributed by atoms with Crippen LogP contribution in [0.5, 0.6) is 0 Å². The number of aliphatic hydroxyl groups is 1. The van der Waals surface area contributed by atoms with E-state index in [2.05, 4.69) is 15.5 Å². The number of carbonyl (C=O) groups is 1. The lowest BCUT2D eigenvalue weighted by Gasteiger charge is -2.14. The molecule has 0 bridgehead atoms. The Balaban J connectivity index is 1.66. The summed E-state index contributed by atoms with van der Waals surface area (Å²) in [6.07, 6.45) is 0.213. The number of anilines is 1. The maximum absolute atomic E-state index is 11.9. The van der Waals surface area contributed by atoms with Gasteiger partial charge in [0.2, 0.25) is 5.13 Å². The van der Waals surface area contributed by atoms with Crippen LogP contribution in [-0.2, 0) is 0 Å². The molecule has 100 valence electrons. The highest BCUT2D eigenvalue weighted by atomic mass is 32.1. The Hall–Kier alpha value is -1.51. The van der Waals surface area contributed by atoms with Gasteiger partial charge >= 0.3 is 6.03 Å². The Morgan fingerprint density at radius 2 is 2.42 bits per heavy atom. The summed E-state index contributed by atoms with van der Waals surface area (Å²) in [7, 11) is 0. The van der Waals surface area contributed by atoms with Crippen molar-refractivity contribution < 1.29 is 9.90 Å². The lowest BCUT2D eigenvalue weighted by atomic mass is 10.3. The lowest BCUT2D eigenvalue weighted by molar-refractivity contribution is 0.176. The number of hydrogen-bond donors (Lipinski definition) is 2. The van der Waals surface area contributed by atoms with E-state index in [1.54, 1.807) is 16.2 Å². The maximum atomic E-state index is 11.9. The van der Waals surface area contributed by atoms with Crippen LogP contribution >= 0.6 is 22.7 Å². The van der Waals surface area contributed by atoms with Gasteiger partial charge in [-0.15, -0.1) is 10.2 Å². The number of likely N-dealkylation sites (tertiary alicyclic amines) is 1. The number of aromatic nitrogens is 2. The largest absolute Gasteiger partial charge is 0.391 e. The van der Waals surface area contributed by atoms with Crippen molar-refractivity contribution in [1.29, 1.82) is 0 Å². The number of thiophene rings is 1. The summed E-state index contributed by atoms with van der Waals surface area (Å²) in [5.74, 6) is 0. The van der Waals surface area contributed by atoms with Crippen LogP contribution in [0.1, 0.15) is 6.42 Å².